The Morgan fingerprint density at radius 2 is 1.52 bits per heavy atom. The summed E-state index contributed by atoms with van der Waals surface area (Å²) in [5, 5.41) is 0. The van der Waals surface area contributed by atoms with Crippen LogP contribution >= 0.6 is 0 Å². The van der Waals surface area contributed by atoms with E-state index in [1.54, 1.807) is 0 Å². The van der Waals surface area contributed by atoms with Gasteiger partial charge in [0.05, 0.1) is 0 Å². The molecular weight excluding hydrogens is 360 g/mol. The number of unbranched alkanes of at least 4 members (excludes halogenated alkanes) is 4. The molecule has 0 atom stereocenters. The molecule has 1 heterocycles. The van der Waals surface area contributed by atoms with Gasteiger partial charge in [-0.25, -0.2) is 0 Å². The lowest BCUT2D eigenvalue weighted by Gasteiger charge is -2.37. The summed E-state index contributed by atoms with van der Waals surface area (Å²) in [6, 6.07) is 8.41. The monoisotopic (exact) mass is 400 g/mol. The van der Waals surface area contributed by atoms with Crippen LogP contribution in [0.5, 0.6) is 0 Å². The Morgan fingerprint density at radius 1 is 0.897 bits per heavy atom. The van der Waals surface area contributed by atoms with Crippen LogP contribution in [-0.4, -0.2) is 42.8 Å². The minimum atomic E-state index is 0.0387. The number of ketones is 1. The number of nitrogens with zero attached hydrogens (tertiary/aromatic N) is 2. The molecule has 1 aliphatic rings. The van der Waals surface area contributed by atoms with Crippen LogP contribution in [0.15, 0.2) is 24.3 Å². The standard InChI is InChI=1S/C25H40N2O2/c1-5-6-7-8-9-10-23(28)19-21-11-13-22(14-12-21)26-15-17-27(18-16-26)24(29)20-25(2,3)4/h11-14H,5-10,15-20H2,1-4H3. The number of amides is 1. The van der Waals surface area contributed by atoms with Crippen LogP contribution in [0.3, 0.4) is 0 Å². The van der Waals surface area contributed by atoms with Crippen molar-refractivity contribution in [2.24, 2.45) is 5.41 Å². The van der Waals surface area contributed by atoms with Gasteiger partial charge in [-0.15, -0.1) is 0 Å². The van der Waals surface area contributed by atoms with Crippen molar-refractivity contribution in [3.05, 3.63) is 29.8 Å². The first-order valence-corrected chi connectivity index (χ1v) is 11.4. The zero-order valence-corrected chi connectivity index (χ0v) is 19.0. The molecule has 1 aliphatic heterocycles. The zero-order chi connectivity index (χ0) is 21.3. The molecule has 0 unspecified atom stereocenters. The van der Waals surface area contributed by atoms with Crippen molar-refractivity contribution in [3.63, 3.8) is 0 Å². The second-order valence-corrected chi connectivity index (χ2v) is 9.65. The first-order valence-electron chi connectivity index (χ1n) is 11.4. The van der Waals surface area contributed by atoms with Crippen molar-refractivity contribution in [2.45, 2.75) is 79.1 Å². The fourth-order valence-corrected chi connectivity index (χ4v) is 3.85. The predicted octanol–water partition coefficient (Wildman–Crippen LogP) is 5.24. The Bertz CT molecular complexity index is 638. The van der Waals surface area contributed by atoms with Gasteiger partial charge in [-0.05, 0) is 29.5 Å². The Labute approximate surface area is 177 Å². The molecule has 0 bridgehead atoms. The second-order valence-electron chi connectivity index (χ2n) is 9.65. The van der Waals surface area contributed by atoms with Crippen LogP contribution in [0.2, 0.25) is 0 Å². The quantitative estimate of drug-likeness (QED) is 0.504. The zero-order valence-electron chi connectivity index (χ0n) is 19.0. The molecule has 2 rings (SSSR count). The molecule has 162 valence electrons. The Kier molecular flexibility index (Phi) is 9.19. The summed E-state index contributed by atoms with van der Waals surface area (Å²) in [5.74, 6) is 0.612. The second kappa shape index (κ2) is 11.4. The van der Waals surface area contributed by atoms with Gasteiger partial charge >= 0.3 is 0 Å². The number of piperazine rings is 1. The van der Waals surface area contributed by atoms with Crippen LogP contribution in [0, 0.1) is 5.41 Å². The van der Waals surface area contributed by atoms with Gasteiger partial charge in [0.15, 0.2) is 0 Å². The molecule has 29 heavy (non-hydrogen) atoms. The molecule has 1 fully saturated rings. The molecule has 0 saturated carbocycles. The molecular formula is C25H40N2O2. The highest BCUT2D eigenvalue weighted by molar-refractivity contribution is 5.81. The number of hydrogen-bond acceptors (Lipinski definition) is 3. The Morgan fingerprint density at radius 3 is 2.10 bits per heavy atom. The molecule has 4 nitrogen and oxygen atoms in total. The maximum absolute atomic E-state index is 12.4. The molecule has 0 aliphatic carbocycles. The third-order valence-corrected chi connectivity index (χ3v) is 5.58. The summed E-state index contributed by atoms with van der Waals surface area (Å²) in [4.78, 5) is 28.9. The third-order valence-electron chi connectivity index (χ3n) is 5.58. The summed E-state index contributed by atoms with van der Waals surface area (Å²) in [6.45, 7) is 11.8. The van der Waals surface area contributed by atoms with Crippen LogP contribution < -0.4 is 4.90 Å². The molecule has 0 spiro atoms. The summed E-state index contributed by atoms with van der Waals surface area (Å²) in [5.41, 5.74) is 2.33. The van der Waals surface area contributed by atoms with E-state index in [4.69, 9.17) is 0 Å². The van der Waals surface area contributed by atoms with E-state index < -0.39 is 0 Å². The van der Waals surface area contributed by atoms with Crippen molar-refractivity contribution in [1.29, 1.82) is 0 Å². The number of rotatable bonds is 10. The molecule has 1 aromatic carbocycles. The molecule has 4 heteroatoms. The summed E-state index contributed by atoms with van der Waals surface area (Å²) in [6.07, 6.45) is 7.80. The molecule has 1 amide bonds. The third kappa shape index (κ3) is 8.59. The van der Waals surface area contributed by atoms with E-state index in [0.29, 0.717) is 25.0 Å². The smallest absolute Gasteiger partial charge is 0.223 e. The van der Waals surface area contributed by atoms with E-state index in [1.807, 2.05) is 4.90 Å². The lowest BCUT2D eigenvalue weighted by Crippen LogP contribution is -2.49. The number of carbonyl (C=O) groups is 2. The molecule has 1 saturated heterocycles. The van der Waals surface area contributed by atoms with Crippen LogP contribution in [0.4, 0.5) is 5.69 Å². The number of Topliss-reactive ketones (excluding diaryl/α,β-unsaturated/α-hetero) is 1. The number of carbonyl (C=O) groups excluding carboxylic acids is 2. The van der Waals surface area contributed by atoms with E-state index in [-0.39, 0.29) is 11.3 Å². The van der Waals surface area contributed by atoms with Gasteiger partial charge in [0.25, 0.3) is 0 Å². The Balaban J connectivity index is 1.75. The number of hydrogen-bond donors (Lipinski definition) is 0. The fraction of sp³-hybridized carbons (Fsp3) is 0.680. The van der Waals surface area contributed by atoms with Crippen LogP contribution in [0.25, 0.3) is 0 Å². The average Bonchev–Trinajstić information content (AvgIpc) is 2.67. The van der Waals surface area contributed by atoms with Gasteiger partial charge in [-0.3, -0.25) is 9.59 Å². The van der Waals surface area contributed by atoms with Crippen molar-refractivity contribution in [2.75, 3.05) is 31.1 Å². The van der Waals surface area contributed by atoms with Gasteiger partial charge in [-0.1, -0.05) is 65.5 Å². The normalized spacial score (nSPS) is 14.9. The highest BCUT2D eigenvalue weighted by Gasteiger charge is 2.24. The molecule has 0 aromatic heterocycles. The van der Waals surface area contributed by atoms with Crippen molar-refractivity contribution >= 4 is 17.4 Å². The summed E-state index contributed by atoms with van der Waals surface area (Å²) >= 11 is 0. The Hall–Kier alpha value is -1.84. The molecule has 1 aromatic rings. The van der Waals surface area contributed by atoms with Crippen molar-refractivity contribution in [3.8, 4) is 0 Å². The summed E-state index contributed by atoms with van der Waals surface area (Å²) < 4.78 is 0. The first kappa shape index (κ1) is 23.4. The highest BCUT2D eigenvalue weighted by Crippen LogP contribution is 2.22. The fourth-order valence-electron chi connectivity index (χ4n) is 3.85. The maximum Gasteiger partial charge on any atom is 0.223 e. The van der Waals surface area contributed by atoms with Crippen molar-refractivity contribution < 1.29 is 9.59 Å². The predicted molar refractivity (Wildman–Crippen MR) is 121 cm³/mol. The summed E-state index contributed by atoms with van der Waals surface area (Å²) in [7, 11) is 0. The van der Waals surface area contributed by atoms with E-state index >= 15 is 0 Å². The van der Waals surface area contributed by atoms with E-state index in [2.05, 4.69) is 56.9 Å². The van der Waals surface area contributed by atoms with E-state index in [9.17, 15) is 9.59 Å². The first-order chi connectivity index (χ1) is 13.8. The largest absolute Gasteiger partial charge is 0.368 e. The lowest BCUT2D eigenvalue weighted by atomic mass is 9.91. The molecule has 0 N–H and O–H groups in total. The van der Waals surface area contributed by atoms with Gasteiger partial charge in [0.2, 0.25) is 5.91 Å². The number of benzene rings is 1. The van der Waals surface area contributed by atoms with Gasteiger partial charge in [0, 0.05) is 51.1 Å². The number of anilines is 1. The van der Waals surface area contributed by atoms with E-state index in [1.165, 1.54) is 31.4 Å². The minimum Gasteiger partial charge on any atom is -0.368 e. The van der Waals surface area contributed by atoms with Gasteiger partial charge < -0.3 is 9.80 Å². The van der Waals surface area contributed by atoms with Crippen molar-refractivity contribution in [1.82, 2.24) is 4.90 Å². The van der Waals surface area contributed by atoms with Gasteiger partial charge in [0.1, 0.15) is 5.78 Å². The maximum atomic E-state index is 12.4. The lowest BCUT2D eigenvalue weighted by molar-refractivity contribution is -0.133. The van der Waals surface area contributed by atoms with Gasteiger partial charge in [-0.2, -0.15) is 0 Å². The average molecular weight is 401 g/mol. The highest BCUT2D eigenvalue weighted by atomic mass is 16.2. The minimum absolute atomic E-state index is 0.0387. The van der Waals surface area contributed by atoms with E-state index in [0.717, 1.165) is 38.2 Å². The van der Waals surface area contributed by atoms with Crippen LogP contribution in [-0.2, 0) is 16.0 Å². The topological polar surface area (TPSA) is 40.6 Å². The SMILES string of the molecule is CCCCCCCC(=O)Cc1ccc(N2CCN(C(=O)CC(C)(C)C)CC2)cc1. The molecule has 0 radical (unpaired) electrons. The van der Waals surface area contributed by atoms with Crippen LogP contribution in [0.1, 0.15) is 78.2 Å².